The van der Waals surface area contributed by atoms with Crippen LogP contribution in [0.15, 0.2) is 0 Å². The summed E-state index contributed by atoms with van der Waals surface area (Å²) in [6.45, 7) is 2.89. The minimum Gasteiger partial charge on any atom is -0.480 e. The van der Waals surface area contributed by atoms with Crippen LogP contribution < -0.4 is 0 Å². The topological polar surface area (TPSA) is 77.9 Å². The van der Waals surface area contributed by atoms with Crippen LogP contribution in [0, 0.1) is 0 Å². The molecule has 2 atom stereocenters. The van der Waals surface area contributed by atoms with E-state index >= 15 is 0 Å². The number of thioether (sulfide) groups is 2. The lowest BCUT2D eigenvalue weighted by molar-refractivity contribution is -0.149. The van der Waals surface area contributed by atoms with Crippen molar-refractivity contribution in [3.05, 3.63) is 0 Å². The Kier molecular flexibility index (Phi) is 4.62. The predicted molar refractivity (Wildman–Crippen MR) is 74.2 cm³/mol. The molecule has 2 fully saturated rings. The van der Waals surface area contributed by atoms with E-state index in [0.717, 1.165) is 5.75 Å². The van der Waals surface area contributed by atoms with Gasteiger partial charge in [0.15, 0.2) is 0 Å². The number of carbonyl (C=O) groups is 3. The van der Waals surface area contributed by atoms with Gasteiger partial charge in [0.1, 0.15) is 6.04 Å². The van der Waals surface area contributed by atoms with Crippen molar-refractivity contribution in [1.29, 1.82) is 0 Å². The summed E-state index contributed by atoms with van der Waals surface area (Å²) in [7, 11) is 0. The summed E-state index contributed by atoms with van der Waals surface area (Å²) in [4.78, 5) is 37.7. The zero-order chi connectivity index (χ0) is 14.0. The first-order chi connectivity index (χ1) is 9.00. The Hall–Kier alpha value is -0.890. The first kappa shape index (κ1) is 14.5. The number of carbonyl (C=O) groups excluding carboxylic acids is 2. The zero-order valence-electron chi connectivity index (χ0n) is 10.6. The molecule has 2 aliphatic rings. The molecule has 0 aliphatic carbocycles. The van der Waals surface area contributed by atoms with Crippen molar-refractivity contribution in [3.63, 3.8) is 0 Å². The van der Waals surface area contributed by atoms with Gasteiger partial charge in [-0.25, -0.2) is 4.79 Å². The van der Waals surface area contributed by atoms with Gasteiger partial charge in [0.05, 0.1) is 5.37 Å². The van der Waals surface area contributed by atoms with Gasteiger partial charge in [-0.1, -0.05) is 11.8 Å². The lowest BCUT2D eigenvalue weighted by atomic mass is 10.2. The summed E-state index contributed by atoms with van der Waals surface area (Å²) >= 11 is 2.73. The number of nitrogens with zero attached hydrogens (tertiary/aromatic N) is 2. The van der Waals surface area contributed by atoms with Gasteiger partial charge in [-0.15, -0.1) is 11.8 Å². The third kappa shape index (κ3) is 3.17. The lowest BCUT2D eigenvalue weighted by Crippen LogP contribution is -2.45. The van der Waals surface area contributed by atoms with Gasteiger partial charge >= 0.3 is 5.97 Å². The molecular weight excluding hydrogens is 288 g/mol. The van der Waals surface area contributed by atoms with Crippen LogP contribution in [0.5, 0.6) is 0 Å². The third-order valence-electron chi connectivity index (χ3n) is 3.24. The largest absolute Gasteiger partial charge is 0.480 e. The molecule has 2 saturated heterocycles. The van der Waals surface area contributed by atoms with Crippen LogP contribution in [0.4, 0.5) is 4.79 Å². The predicted octanol–water partition coefficient (Wildman–Crippen LogP) is 0.920. The average molecular weight is 304 g/mol. The van der Waals surface area contributed by atoms with Crippen LogP contribution in [0.3, 0.4) is 0 Å². The van der Waals surface area contributed by atoms with E-state index in [2.05, 4.69) is 0 Å². The number of rotatable bonds is 4. The first-order valence-corrected chi connectivity index (χ1v) is 8.11. The number of amides is 2. The minimum atomic E-state index is -0.960. The number of carboxylic acids is 1. The van der Waals surface area contributed by atoms with E-state index in [4.69, 9.17) is 5.11 Å². The second kappa shape index (κ2) is 6.04. The molecule has 8 heteroatoms. The summed E-state index contributed by atoms with van der Waals surface area (Å²) in [5.74, 6) is 0.0502. The van der Waals surface area contributed by atoms with Crippen LogP contribution >= 0.6 is 23.5 Å². The molecule has 2 unspecified atom stereocenters. The number of hydrogen-bond donors (Lipinski definition) is 1. The van der Waals surface area contributed by atoms with Crippen LogP contribution in [-0.4, -0.2) is 68.0 Å². The summed E-state index contributed by atoms with van der Waals surface area (Å²) in [5.41, 5.74) is 0. The smallest absolute Gasteiger partial charge is 0.327 e. The Bertz CT molecular complexity index is 404. The second-order valence-corrected chi connectivity index (χ2v) is 6.83. The van der Waals surface area contributed by atoms with Crippen molar-refractivity contribution in [2.24, 2.45) is 0 Å². The molecule has 0 radical (unpaired) electrons. The van der Waals surface area contributed by atoms with E-state index < -0.39 is 12.0 Å². The SMILES string of the molecule is CC1SCC(C(=O)O)N1C(=O)CCN1CCSC1=O. The molecule has 19 heavy (non-hydrogen) atoms. The molecule has 2 amide bonds. The maximum atomic E-state index is 12.1. The van der Waals surface area contributed by atoms with Gasteiger partial charge < -0.3 is 14.9 Å². The van der Waals surface area contributed by atoms with Crippen molar-refractivity contribution >= 4 is 40.6 Å². The van der Waals surface area contributed by atoms with E-state index in [1.807, 2.05) is 6.92 Å². The van der Waals surface area contributed by atoms with Crippen LogP contribution in [-0.2, 0) is 9.59 Å². The van der Waals surface area contributed by atoms with Gasteiger partial charge in [-0.2, -0.15) is 0 Å². The first-order valence-electron chi connectivity index (χ1n) is 6.08. The Morgan fingerprint density at radius 1 is 1.47 bits per heavy atom. The fourth-order valence-corrected chi connectivity index (χ4v) is 4.24. The Labute approximate surface area is 119 Å². The molecule has 0 aromatic rings. The van der Waals surface area contributed by atoms with E-state index in [-0.39, 0.29) is 22.9 Å². The highest BCUT2D eigenvalue weighted by molar-refractivity contribution is 8.13. The van der Waals surface area contributed by atoms with E-state index in [1.165, 1.54) is 28.4 Å². The maximum absolute atomic E-state index is 12.1. The van der Waals surface area contributed by atoms with Crippen LogP contribution in [0.1, 0.15) is 13.3 Å². The minimum absolute atomic E-state index is 0.00595. The highest BCUT2D eigenvalue weighted by Crippen LogP contribution is 2.29. The summed E-state index contributed by atoms with van der Waals surface area (Å²) < 4.78 is 0. The van der Waals surface area contributed by atoms with Crippen molar-refractivity contribution in [2.45, 2.75) is 24.8 Å². The Morgan fingerprint density at radius 2 is 2.21 bits per heavy atom. The molecule has 2 heterocycles. The average Bonchev–Trinajstić information content (AvgIpc) is 2.92. The van der Waals surface area contributed by atoms with Crippen molar-refractivity contribution in [2.75, 3.05) is 24.6 Å². The van der Waals surface area contributed by atoms with Crippen molar-refractivity contribution < 1.29 is 19.5 Å². The van der Waals surface area contributed by atoms with Gasteiger partial charge in [0, 0.05) is 31.0 Å². The highest BCUT2D eigenvalue weighted by atomic mass is 32.2. The molecule has 2 rings (SSSR count). The molecule has 0 aromatic carbocycles. The van der Waals surface area contributed by atoms with E-state index in [0.29, 0.717) is 18.8 Å². The second-order valence-electron chi connectivity index (χ2n) is 4.44. The van der Waals surface area contributed by atoms with E-state index in [1.54, 1.807) is 4.90 Å². The molecular formula is C11H16N2O4S2. The van der Waals surface area contributed by atoms with Crippen LogP contribution in [0.2, 0.25) is 0 Å². The molecule has 0 aromatic heterocycles. The number of aliphatic carboxylic acids is 1. The monoisotopic (exact) mass is 304 g/mol. The zero-order valence-corrected chi connectivity index (χ0v) is 12.2. The molecule has 0 saturated carbocycles. The van der Waals surface area contributed by atoms with E-state index in [9.17, 15) is 14.4 Å². The summed E-state index contributed by atoms with van der Waals surface area (Å²) in [6.07, 6.45) is 0.195. The van der Waals surface area contributed by atoms with Gasteiger partial charge in [0.25, 0.3) is 5.24 Å². The van der Waals surface area contributed by atoms with Gasteiger partial charge in [0.2, 0.25) is 5.91 Å². The molecule has 2 aliphatic heterocycles. The fourth-order valence-electron chi connectivity index (χ4n) is 2.20. The molecule has 0 spiro atoms. The maximum Gasteiger partial charge on any atom is 0.327 e. The number of hydrogen-bond acceptors (Lipinski definition) is 5. The molecule has 6 nitrogen and oxygen atoms in total. The van der Waals surface area contributed by atoms with Gasteiger partial charge in [-0.3, -0.25) is 9.59 Å². The standard InChI is InChI=1S/C11H16N2O4S2/c1-7-13(8(6-19-7)10(15)16)9(14)2-3-12-4-5-18-11(12)17/h7-8H,2-6H2,1H3,(H,15,16). The molecule has 106 valence electrons. The Balaban J connectivity index is 1.91. The molecule has 0 bridgehead atoms. The van der Waals surface area contributed by atoms with Gasteiger partial charge in [-0.05, 0) is 6.92 Å². The summed E-state index contributed by atoms with van der Waals surface area (Å²) in [6, 6.07) is -0.740. The normalized spacial score (nSPS) is 27.1. The van der Waals surface area contributed by atoms with Crippen LogP contribution in [0.25, 0.3) is 0 Å². The highest BCUT2D eigenvalue weighted by Gasteiger charge is 2.39. The van der Waals surface area contributed by atoms with Crippen molar-refractivity contribution in [3.8, 4) is 0 Å². The van der Waals surface area contributed by atoms with Crippen molar-refractivity contribution in [1.82, 2.24) is 9.80 Å². The third-order valence-corrected chi connectivity index (χ3v) is 5.35. The fraction of sp³-hybridized carbons (Fsp3) is 0.727. The number of carboxylic acid groups (broad SMARTS) is 1. The Morgan fingerprint density at radius 3 is 2.79 bits per heavy atom. The lowest BCUT2D eigenvalue weighted by Gasteiger charge is -2.26. The molecule has 1 N–H and O–H groups in total. The summed E-state index contributed by atoms with van der Waals surface area (Å²) in [5, 5.41) is 8.99. The quantitative estimate of drug-likeness (QED) is 0.832.